The van der Waals surface area contributed by atoms with Crippen LogP contribution in [-0.2, 0) is 27.0 Å². The van der Waals surface area contributed by atoms with Crippen LogP contribution in [0.15, 0.2) is 48.5 Å². The first-order chi connectivity index (χ1) is 19.8. The third kappa shape index (κ3) is 6.59. The van der Waals surface area contributed by atoms with Crippen LogP contribution in [0.5, 0.6) is 5.75 Å². The number of alkyl halides is 3. The van der Waals surface area contributed by atoms with Gasteiger partial charge in [0.1, 0.15) is 11.8 Å². The number of hydrogen-bond donors (Lipinski definition) is 2. The first-order valence-electron chi connectivity index (χ1n) is 14.4. The summed E-state index contributed by atoms with van der Waals surface area (Å²) < 4.78 is 50.9. The van der Waals surface area contributed by atoms with E-state index in [-0.39, 0.29) is 30.2 Å². The van der Waals surface area contributed by atoms with Gasteiger partial charge >= 0.3 is 12.1 Å². The lowest BCUT2D eigenvalue weighted by Crippen LogP contribution is -2.49. The number of carbonyl (C=O) groups excluding carboxylic acids is 1. The van der Waals surface area contributed by atoms with Crippen molar-refractivity contribution in [3.63, 3.8) is 0 Å². The van der Waals surface area contributed by atoms with Crippen LogP contribution in [0, 0.1) is 17.3 Å². The molecule has 7 nitrogen and oxygen atoms in total. The van der Waals surface area contributed by atoms with Gasteiger partial charge in [-0.1, -0.05) is 63.6 Å². The minimum Gasteiger partial charge on any atom is -0.496 e. The highest BCUT2D eigenvalue weighted by Gasteiger charge is 2.58. The van der Waals surface area contributed by atoms with Gasteiger partial charge in [-0.3, -0.25) is 4.79 Å². The van der Waals surface area contributed by atoms with Crippen LogP contribution in [0.25, 0.3) is 0 Å². The van der Waals surface area contributed by atoms with Crippen molar-refractivity contribution in [3.05, 3.63) is 65.2 Å². The van der Waals surface area contributed by atoms with Gasteiger partial charge in [0.05, 0.1) is 24.8 Å². The largest absolute Gasteiger partial charge is 0.496 e. The zero-order valence-corrected chi connectivity index (χ0v) is 24.8. The van der Waals surface area contributed by atoms with Gasteiger partial charge in [0.25, 0.3) is 0 Å². The Morgan fingerprint density at radius 1 is 1.05 bits per heavy atom. The number of aliphatic carboxylic acids is 1. The number of hydrogen-bond acceptors (Lipinski definition) is 5. The summed E-state index contributed by atoms with van der Waals surface area (Å²) in [6, 6.07) is 10.4. The smallest absolute Gasteiger partial charge is 0.416 e. The highest BCUT2D eigenvalue weighted by atomic mass is 19.4. The Hall–Kier alpha value is -3.11. The number of methoxy groups -OCH3 is 2. The molecule has 4 rings (SSSR count). The fraction of sp³-hybridized carbons (Fsp3) is 0.562. The Bertz CT molecular complexity index is 1250. The molecule has 0 radical (unpaired) electrons. The fourth-order valence-electron chi connectivity index (χ4n) is 6.82. The van der Waals surface area contributed by atoms with E-state index in [0.717, 1.165) is 30.5 Å². The van der Waals surface area contributed by atoms with Gasteiger partial charge in [-0.15, -0.1) is 0 Å². The summed E-state index contributed by atoms with van der Waals surface area (Å²) in [4.78, 5) is 28.9. The van der Waals surface area contributed by atoms with Crippen LogP contribution < -0.4 is 10.1 Å². The van der Waals surface area contributed by atoms with Gasteiger partial charge in [0.2, 0.25) is 5.91 Å². The van der Waals surface area contributed by atoms with E-state index in [4.69, 9.17) is 9.47 Å². The van der Waals surface area contributed by atoms with Crippen LogP contribution >= 0.6 is 0 Å². The Morgan fingerprint density at radius 2 is 1.74 bits per heavy atom. The molecule has 2 aliphatic rings. The molecule has 1 amide bonds. The second-order valence-electron chi connectivity index (χ2n) is 12.4. The molecule has 6 atom stereocenters. The monoisotopic (exact) mass is 590 g/mol. The lowest BCUT2D eigenvalue weighted by molar-refractivity contribution is -0.155. The zero-order chi connectivity index (χ0) is 30.8. The van der Waals surface area contributed by atoms with E-state index in [1.54, 1.807) is 12.0 Å². The number of halogens is 3. The quantitative estimate of drug-likeness (QED) is 0.388. The number of carbonyl (C=O) groups is 2. The lowest BCUT2D eigenvalue weighted by atomic mass is 9.72. The predicted molar refractivity (Wildman–Crippen MR) is 152 cm³/mol. The van der Waals surface area contributed by atoms with Crippen LogP contribution in [0.3, 0.4) is 0 Å². The average Bonchev–Trinajstić information content (AvgIpc) is 3.31. The van der Waals surface area contributed by atoms with E-state index in [2.05, 4.69) is 5.32 Å². The van der Waals surface area contributed by atoms with Crippen molar-refractivity contribution in [2.24, 2.45) is 17.3 Å². The van der Waals surface area contributed by atoms with E-state index in [1.807, 2.05) is 51.1 Å². The van der Waals surface area contributed by atoms with Crippen molar-refractivity contribution in [1.82, 2.24) is 10.2 Å². The number of benzene rings is 2. The molecule has 42 heavy (non-hydrogen) atoms. The maximum atomic E-state index is 14.3. The van der Waals surface area contributed by atoms with Crippen molar-refractivity contribution in [1.29, 1.82) is 0 Å². The van der Waals surface area contributed by atoms with Gasteiger partial charge in [-0.05, 0) is 42.4 Å². The SMILES string of the molecule is COc1cc(C(F)(F)F)ccc1CN[C@H]1[C@H](C(C)(C)C)[C@@H](C(=O)O)N(C(=O)[C@H]2CCC[C@H](OC)C2)[C@H]1c1ccccc1. The van der Waals surface area contributed by atoms with Crippen LogP contribution in [-0.4, -0.2) is 54.3 Å². The Balaban J connectivity index is 1.78. The summed E-state index contributed by atoms with van der Waals surface area (Å²) in [5.74, 6) is -2.10. The van der Waals surface area contributed by atoms with Crippen LogP contribution in [0.2, 0.25) is 0 Å². The molecule has 1 saturated heterocycles. The first kappa shape index (κ1) is 31.8. The number of nitrogens with zero attached hydrogens (tertiary/aromatic N) is 1. The van der Waals surface area contributed by atoms with Crippen LogP contribution in [0.1, 0.15) is 69.2 Å². The Labute approximate surface area is 245 Å². The van der Waals surface area contributed by atoms with E-state index in [0.29, 0.717) is 18.4 Å². The van der Waals surface area contributed by atoms with Crippen molar-refractivity contribution < 1.29 is 37.3 Å². The molecule has 1 aliphatic carbocycles. The Morgan fingerprint density at radius 3 is 2.31 bits per heavy atom. The van der Waals surface area contributed by atoms with Crippen molar-refractivity contribution >= 4 is 11.9 Å². The van der Waals surface area contributed by atoms with Gasteiger partial charge < -0.3 is 24.8 Å². The summed E-state index contributed by atoms with van der Waals surface area (Å²) >= 11 is 0. The molecule has 10 heteroatoms. The van der Waals surface area contributed by atoms with Gasteiger partial charge in [0, 0.05) is 37.1 Å². The number of amides is 1. The zero-order valence-electron chi connectivity index (χ0n) is 24.8. The Kier molecular flexibility index (Phi) is 9.57. The van der Waals surface area contributed by atoms with Gasteiger partial charge in [0.15, 0.2) is 0 Å². The lowest BCUT2D eigenvalue weighted by Gasteiger charge is -2.36. The average molecular weight is 591 g/mol. The highest BCUT2D eigenvalue weighted by molar-refractivity contribution is 5.87. The van der Waals surface area contributed by atoms with E-state index >= 15 is 0 Å². The van der Waals surface area contributed by atoms with E-state index in [9.17, 15) is 27.9 Å². The summed E-state index contributed by atoms with van der Waals surface area (Å²) in [6.07, 6.45) is -1.72. The maximum Gasteiger partial charge on any atom is 0.416 e. The molecular weight excluding hydrogens is 549 g/mol. The molecule has 2 aromatic carbocycles. The molecule has 1 heterocycles. The van der Waals surface area contributed by atoms with E-state index < -0.39 is 47.2 Å². The third-order valence-electron chi connectivity index (χ3n) is 8.77. The molecule has 1 saturated carbocycles. The molecule has 0 aromatic heterocycles. The summed E-state index contributed by atoms with van der Waals surface area (Å²) in [5, 5.41) is 14.1. The van der Waals surface area contributed by atoms with Crippen molar-refractivity contribution in [3.8, 4) is 5.75 Å². The molecule has 2 N–H and O–H groups in total. The first-order valence-corrected chi connectivity index (χ1v) is 14.4. The summed E-state index contributed by atoms with van der Waals surface area (Å²) in [7, 11) is 2.95. The number of nitrogens with one attached hydrogen (secondary N) is 1. The molecule has 0 spiro atoms. The number of carboxylic acids is 1. The number of ether oxygens (including phenoxy) is 2. The molecule has 230 valence electrons. The summed E-state index contributed by atoms with van der Waals surface area (Å²) in [6.45, 7) is 5.99. The number of rotatable bonds is 8. The molecule has 0 unspecified atom stereocenters. The standard InChI is InChI=1S/C32H41F3N2O5/c1-31(2,3)25-26(36-18-21-14-15-22(32(33,34)35)17-24(21)42-5)27(19-10-7-6-8-11-19)37(28(25)30(39)40)29(38)20-12-9-13-23(16-20)41-4/h6-8,10-11,14-15,17,20,23,25-28,36H,9,12-13,16,18H2,1-5H3,(H,39,40)/t20-,23-,25-,26-,27-,28-/m0/s1. The summed E-state index contributed by atoms with van der Waals surface area (Å²) in [5.41, 5.74) is -0.0748. The van der Waals surface area contributed by atoms with E-state index in [1.165, 1.54) is 13.2 Å². The second kappa shape index (κ2) is 12.6. The highest BCUT2D eigenvalue weighted by Crippen LogP contribution is 2.49. The topological polar surface area (TPSA) is 88.1 Å². The third-order valence-corrected chi connectivity index (χ3v) is 8.77. The van der Waals surface area contributed by atoms with Gasteiger partial charge in [-0.2, -0.15) is 13.2 Å². The minimum atomic E-state index is -4.52. The maximum absolute atomic E-state index is 14.3. The number of likely N-dealkylation sites (tertiary alicyclic amines) is 1. The van der Waals surface area contributed by atoms with Crippen molar-refractivity contribution in [2.75, 3.05) is 14.2 Å². The molecule has 2 fully saturated rings. The fourth-order valence-corrected chi connectivity index (χ4v) is 6.82. The van der Waals surface area contributed by atoms with Crippen molar-refractivity contribution in [2.45, 2.75) is 83.4 Å². The number of carboxylic acid groups (broad SMARTS) is 1. The molecule has 0 bridgehead atoms. The predicted octanol–water partition coefficient (Wildman–Crippen LogP) is 6.08. The molecule has 2 aromatic rings. The molecule has 1 aliphatic heterocycles. The van der Waals surface area contributed by atoms with Gasteiger partial charge in [-0.25, -0.2) is 4.79 Å². The molecular formula is C32H41F3N2O5. The minimum absolute atomic E-state index is 0.0618. The van der Waals surface area contributed by atoms with Crippen LogP contribution in [0.4, 0.5) is 13.2 Å². The normalized spacial score (nSPS) is 26.7. The second-order valence-corrected chi connectivity index (χ2v) is 12.4.